The minimum atomic E-state index is -0.893. The van der Waals surface area contributed by atoms with Crippen LogP contribution in [-0.2, 0) is 9.59 Å². The van der Waals surface area contributed by atoms with E-state index in [0.29, 0.717) is 12.5 Å². The molecule has 0 aromatic carbocycles. The first-order valence-corrected chi connectivity index (χ1v) is 7.71. The number of thioether (sulfide) groups is 1. The minimum absolute atomic E-state index is 0.485. The van der Waals surface area contributed by atoms with E-state index in [-0.39, 0.29) is 0 Å². The van der Waals surface area contributed by atoms with Crippen LogP contribution >= 0.6 is 11.8 Å². The van der Waals surface area contributed by atoms with Crippen LogP contribution in [0, 0.1) is 5.92 Å². The zero-order valence-electron chi connectivity index (χ0n) is 10.6. The Morgan fingerprint density at radius 2 is 2.00 bits per heavy atom. The van der Waals surface area contributed by atoms with Crippen molar-refractivity contribution in [2.24, 2.45) is 11.7 Å². The van der Waals surface area contributed by atoms with Gasteiger partial charge in [0.1, 0.15) is 0 Å². The molecule has 2 aliphatic heterocycles. The fraction of sp³-hybridized carbons (Fsp3) is 0.833. The molecule has 5 nitrogen and oxygen atoms in total. The second kappa shape index (κ2) is 6.43. The largest absolute Gasteiger partial charge is 0.361 e. The van der Waals surface area contributed by atoms with Gasteiger partial charge in [0, 0.05) is 18.3 Å². The summed E-state index contributed by atoms with van der Waals surface area (Å²) in [5.74, 6) is 1.49. The van der Waals surface area contributed by atoms with Crippen molar-refractivity contribution in [1.29, 1.82) is 0 Å². The number of piperidine rings is 1. The SMILES string of the molecule is NC(=O)C(=O)NCC1CCN(C2CCSC2)CC1. The van der Waals surface area contributed by atoms with Gasteiger partial charge < -0.3 is 11.1 Å². The van der Waals surface area contributed by atoms with Gasteiger partial charge >= 0.3 is 11.8 Å². The van der Waals surface area contributed by atoms with Crippen LogP contribution in [0.4, 0.5) is 0 Å². The van der Waals surface area contributed by atoms with Crippen molar-refractivity contribution in [2.45, 2.75) is 25.3 Å². The Hall–Kier alpha value is -0.750. The minimum Gasteiger partial charge on any atom is -0.361 e. The number of primary amides is 1. The van der Waals surface area contributed by atoms with Crippen LogP contribution in [0.1, 0.15) is 19.3 Å². The molecule has 1 unspecified atom stereocenters. The first-order chi connectivity index (χ1) is 8.66. The topological polar surface area (TPSA) is 75.4 Å². The van der Waals surface area contributed by atoms with Gasteiger partial charge in [-0.15, -0.1) is 0 Å². The third-order valence-corrected chi connectivity index (χ3v) is 4.99. The standard InChI is InChI=1S/C12H21N3O2S/c13-11(16)12(17)14-7-9-1-4-15(5-2-9)10-3-6-18-8-10/h9-10H,1-8H2,(H2,13,16)(H,14,17). The van der Waals surface area contributed by atoms with Crippen molar-refractivity contribution >= 4 is 23.6 Å². The second-order valence-corrected chi connectivity index (χ2v) is 6.22. The maximum atomic E-state index is 11.1. The third kappa shape index (κ3) is 3.62. The number of amides is 2. The quantitative estimate of drug-likeness (QED) is 0.697. The van der Waals surface area contributed by atoms with E-state index in [1.165, 1.54) is 17.9 Å². The maximum absolute atomic E-state index is 11.1. The van der Waals surface area contributed by atoms with Crippen molar-refractivity contribution in [3.63, 3.8) is 0 Å². The van der Waals surface area contributed by atoms with E-state index in [1.807, 2.05) is 11.8 Å². The van der Waals surface area contributed by atoms with Crippen molar-refractivity contribution in [1.82, 2.24) is 10.2 Å². The molecular weight excluding hydrogens is 250 g/mol. The predicted octanol–water partition coefficient (Wildman–Crippen LogP) is -0.195. The first kappa shape index (κ1) is 13.7. The third-order valence-electron chi connectivity index (χ3n) is 3.85. The average molecular weight is 271 g/mol. The number of likely N-dealkylation sites (tertiary alicyclic amines) is 1. The number of hydrogen-bond acceptors (Lipinski definition) is 4. The summed E-state index contributed by atoms with van der Waals surface area (Å²) >= 11 is 2.04. The fourth-order valence-electron chi connectivity index (χ4n) is 2.66. The van der Waals surface area contributed by atoms with Crippen LogP contribution in [0.5, 0.6) is 0 Å². The molecule has 0 bridgehead atoms. The normalized spacial score (nSPS) is 26.1. The molecular formula is C12H21N3O2S. The van der Waals surface area contributed by atoms with Gasteiger partial charge in [0.05, 0.1) is 0 Å². The molecule has 0 spiro atoms. The summed E-state index contributed by atoms with van der Waals surface area (Å²) < 4.78 is 0. The zero-order valence-corrected chi connectivity index (χ0v) is 11.4. The molecule has 102 valence electrons. The Kier molecular flexibility index (Phi) is 4.88. The Balaban J connectivity index is 1.67. The van der Waals surface area contributed by atoms with E-state index in [0.717, 1.165) is 32.0 Å². The van der Waals surface area contributed by atoms with Crippen LogP contribution in [0.25, 0.3) is 0 Å². The van der Waals surface area contributed by atoms with Crippen molar-refractivity contribution < 1.29 is 9.59 Å². The lowest BCUT2D eigenvalue weighted by molar-refractivity contribution is -0.137. The molecule has 0 radical (unpaired) electrons. The molecule has 2 rings (SSSR count). The van der Waals surface area contributed by atoms with Crippen molar-refractivity contribution in [3.8, 4) is 0 Å². The zero-order chi connectivity index (χ0) is 13.0. The van der Waals surface area contributed by atoms with Gasteiger partial charge in [0.25, 0.3) is 0 Å². The van der Waals surface area contributed by atoms with E-state index in [2.05, 4.69) is 10.2 Å². The Bertz CT molecular complexity index is 310. The Morgan fingerprint density at radius 1 is 1.28 bits per heavy atom. The summed E-state index contributed by atoms with van der Waals surface area (Å²) in [6, 6.07) is 0.760. The van der Waals surface area contributed by atoms with E-state index < -0.39 is 11.8 Å². The smallest absolute Gasteiger partial charge is 0.309 e. The van der Waals surface area contributed by atoms with Gasteiger partial charge in [-0.1, -0.05) is 0 Å². The number of rotatable bonds is 3. The molecule has 18 heavy (non-hydrogen) atoms. The van der Waals surface area contributed by atoms with Gasteiger partial charge in [0.15, 0.2) is 0 Å². The highest BCUT2D eigenvalue weighted by Crippen LogP contribution is 2.26. The molecule has 0 aromatic heterocycles. The van der Waals surface area contributed by atoms with Crippen LogP contribution < -0.4 is 11.1 Å². The van der Waals surface area contributed by atoms with E-state index in [9.17, 15) is 9.59 Å². The van der Waals surface area contributed by atoms with E-state index in [4.69, 9.17) is 5.73 Å². The number of nitrogens with two attached hydrogens (primary N) is 1. The Morgan fingerprint density at radius 3 is 2.56 bits per heavy atom. The highest BCUT2D eigenvalue weighted by atomic mass is 32.2. The Labute approximate surface area is 112 Å². The summed E-state index contributed by atoms with van der Waals surface area (Å²) in [5, 5.41) is 2.60. The number of carbonyl (C=O) groups excluding carboxylic acids is 2. The summed E-state index contributed by atoms with van der Waals surface area (Å²) in [5.41, 5.74) is 4.89. The number of hydrogen-bond donors (Lipinski definition) is 2. The molecule has 2 heterocycles. The van der Waals surface area contributed by atoms with Crippen LogP contribution in [0.3, 0.4) is 0 Å². The van der Waals surface area contributed by atoms with Crippen LogP contribution in [-0.4, -0.2) is 53.9 Å². The maximum Gasteiger partial charge on any atom is 0.309 e. The summed E-state index contributed by atoms with van der Waals surface area (Å²) in [6.45, 7) is 2.81. The molecule has 2 aliphatic rings. The van der Waals surface area contributed by atoms with Gasteiger partial charge in [-0.2, -0.15) is 11.8 Å². The lowest BCUT2D eigenvalue weighted by Crippen LogP contribution is -2.45. The van der Waals surface area contributed by atoms with Gasteiger partial charge in [0.2, 0.25) is 0 Å². The van der Waals surface area contributed by atoms with E-state index in [1.54, 1.807) is 0 Å². The molecule has 1 atom stereocenters. The van der Waals surface area contributed by atoms with Crippen LogP contribution in [0.2, 0.25) is 0 Å². The lowest BCUT2D eigenvalue weighted by Gasteiger charge is -2.35. The monoisotopic (exact) mass is 271 g/mol. The predicted molar refractivity (Wildman–Crippen MR) is 72.2 cm³/mol. The first-order valence-electron chi connectivity index (χ1n) is 6.56. The van der Waals surface area contributed by atoms with Crippen LogP contribution in [0.15, 0.2) is 0 Å². The fourth-order valence-corrected chi connectivity index (χ4v) is 3.91. The lowest BCUT2D eigenvalue weighted by atomic mass is 9.95. The number of nitrogens with zero attached hydrogens (tertiary/aromatic N) is 1. The summed E-state index contributed by atoms with van der Waals surface area (Å²) in [7, 11) is 0. The molecule has 0 saturated carbocycles. The summed E-state index contributed by atoms with van der Waals surface area (Å²) in [4.78, 5) is 24.2. The molecule has 2 fully saturated rings. The van der Waals surface area contributed by atoms with Gasteiger partial charge in [-0.25, -0.2) is 0 Å². The highest BCUT2D eigenvalue weighted by molar-refractivity contribution is 7.99. The van der Waals surface area contributed by atoms with Crippen molar-refractivity contribution in [2.75, 3.05) is 31.1 Å². The van der Waals surface area contributed by atoms with E-state index >= 15 is 0 Å². The average Bonchev–Trinajstić information content (AvgIpc) is 2.90. The molecule has 2 saturated heterocycles. The number of nitrogens with one attached hydrogen (secondary N) is 1. The summed E-state index contributed by atoms with van der Waals surface area (Å²) in [6.07, 6.45) is 3.51. The molecule has 3 N–H and O–H groups in total. The molecule has 6 heteroatoms. The molecule has 0 aromatic rings. The highest BCUT2D eigenvalue weighted by Gasteiger charge is 2.27. The molecule has 2 amide bonds. The van der Waals surface area contributed by atoms with Gasteiger partial charge in [-0.05, 0) is 44.0 Å². The van der Waals surface area contributed by atoms with Gasteiger partial charge in [-0.3, -0.25) is 14.5 Å². The van der Waals surface area contributed by atoms with Crippen molar-refractivity contribution in [3.05, 3.63) is 0 Å². The number of carbonyl (C=O) groups is 2. The second-order valence-electron chi connectivity index (χ2n) is 5.07. The molecule has 0 aliphatic carbocycles.